The van der Waals surface area contributed by atoms with Gasteiger partial charge in [-0.15, -0.1) is 0 Å². The summed E-state index contributed by atoms with van der Waals surface area (Å²) in [6.45, 7) is 6.28. The monoisotopic (exact) mass is 346 g/mol. The highest BCUT2D eigenvalue weighted by Gasteiger charge is 2.24. The van der Waals surface area contributed by atoms with Crippen LogP contribution in [-0.4, -0.2) is 40.4 Å². The van der Waals surface area contributed by atoms with E-state index in [-0.39, 0.29) is 5.82 Å². The highest BCUT2D eigenvalue weighted by atomic mass is 19.1. The van der Waals surface area contributed by atoms with Crippen molar-refractivity contribution in [3.05, 3.63) is 59.4 Å². The number of quaternary nitrogens is 2. The largest absolute Gasteiger partial charge is 0.497 e. The van der Waals surface area contributed by atoms with Crippen molar-refractivity contribution in [2.45, 2.75) is 13.1 Å². The fraction of sp³-hybridized carbons (Fsp3) is 0.400. The standard InChI is InChI=1S/C20H25FN2O2/c1-24-19-7-6-17(20(13-19)25-2)15-23-10-8-22(9-11-23)14-16-4-3-5-18(21)12-16/h3-7,12-13H,8-11,14-15H2,1-2H3/p+2. The summed E-state index contributed by atoms with van der Waals surface area (Å²) in [4.78, 5) is 3.09. The van der Waals surface area contributed by atoms with Crippen LogP contribution in [0.4, 0.5) is 4.39 Å². The number of halogens is 1. The van der Waals surface area contributed by atoms with Gasteiger partial charge in [0.25, 0.3) is 0 Å². The molecule has 2 aromatic carbocycles. The van der Waals surface area contributed by atoms with Crippen LogP contribution in [0.3, 0.4) is 0 Å². The first-order valence-electron chi connectivity index (χ1n) is 8.80. The second-order valence-corrected chi connectivity index (χ2v) is 6.66. The van der Waals surface area contributed by atoms with Gasteiger partial charge in [-0.2, -0.15) is 0 Å². The molecule has 1 saturated heterocycles. The Balaban J connectivity index is 1.54. The number of benzene rings is 2. The molecular formula is C20H27FN2O2+2. The Labute approximate surface area is 148 Å². The molecule has 5 heteroatoms. The molecule has 1 heterocycles. The molecule has 0 spiro atoms. The quantitative estimate of drug-likeness (QED) is 0.789. The summed E-state index contributed by atoms with van der Waals surface area (Å²) in [5.41, 5.74) is 2.29. The van der Waals surface area contributed by atoms with E-state index in [1.54, 1.807) is 31.3 Å². The predicted molar refractivity (Wildman–Crippen MR) is 94.7 cm³/mol. The van der Waals surface area contributed by atoms with E-state index < -0.39 is 0 Å². The molecule has 1 fully saturated rings. The van der Waals surface area contributed by atoms with Crippen LogP contribution in [0.5, 0.6) is 11.5 Å². The Bertz CT molecular complexity index is 700. The molecule has 0 unspecified atom stereocenters. The van der Waals surface area contributed by atoms with Crippen LogP contribution in [0, 0.1) is 5.82 Å². The van der Waals surface area contributed by atoms with E-state index in [0.717, 1.165) is 56.3 Å². The van der Waals surface area contributed by atoms with Crippen molar-refractivity contribution in [3.63, 3.8) is 0 Å². The number of hydrogen-bond donors (Lipinski definition) is 2. The molecular weight excluding hydrogens is 319 g/mol. The molecule has 0 atom stereocenters. The number of nitrogens with one attached hydrogen (secondary N) is 2. The molecule has 1 aliphatic heterocycles. The molecule has 0 aliphatic carbocycles. The highest BCUT2D eigenvalue weighted by molar-refractivity contribution is 5.40. The lowest BCUT2D eigenvalue weighted by Crippen LogP contribution is -3.27. The molecule has 0 aromatic heterocycles. The van der Waals surface area contributed by atoms with E-state index in [1.165, 1.54) is 16.5 Å². The van der Waals surface area contributed by atoms with E-state index in [0.29, 0.717) is 0 Å². The first-order valence-corrected chi connectivity index (χ1v) is 8.80. The van der Waals surface area contributed by atoms with Crippen LogP contribution in [0.25, 0.3) is 0 Å². The molecule has 0 bridgehead atoms. The number of rotatable bonds is 6. The fourth-order valence-corrected chi connectivity index (χ4v) is 3.51. The van der Waals surface area contributed by atoms with Gasteiger partial charge in [-0.3, -0.25) is 0 Å². The number of piperazine rings is 1. The molecule has 0 saturated carbocycles. The zero-order chi connectivity index (χ0) is 17.6. The Morgan fingerprint density at radius 2 is 1.60 bits per heavy atom. The summed E-state index contributed by atoms with van der Waals surface area (Å²) >= 11 is 0. The zero-order valence-corrected chi connectivity index (χ0v) is 15.0. The van der Waals surface area contributed by atoms with Gasteiger partial charge in [-0.05, 0) is 24.3 Å². The molecule has 25 heavy (non-hydrogen) atoms. The lowest BCUT2D eigenvalue weighted by Gasteiger charge is -2.30. The Kier molecular flexibility index (Phi) is 5.89. The molecule has 1 aliphatic rings. The molecule has 134 valence electrons. The van der Waals surface area contributed by atoms with Crippen molar-refractivity contribution < 1.29 is 23.7 Å². The van der Waals surface area contributed by atoms with Gasteiger partial charge in [0.2, 0.25) is 0 Å². The Hall–Kier alpha value is -2.11. The fourth-order valence-electron chi connectivity index (χ4n) is 3.51. The summed E-state index contributed by atoms with van der Waals surface area (Å²) in [7, 11) is 3.37. The van der Waals surface area contributed by atoms with E-state index in [4.69, 9.17) is 9.47 Å². The van der Waals surface area contributed by atoms with Gasteiger partial charge in [0.05, 0.1) is 14.2 Å². The summed E-state index contributed by atoms with van der Waals surface area (Å²) < 4.78 is 24.1. The van der Waals surface area contributed by atoms with Crippen molar-refractivity contribution in [2.24, 2.45) is 0 Å². The maximum absolute atomic E-state index is 13.3. The third kappa shape index (κ3) is 4.71. The lowest BCUT2D eigenvalue weighted by atomic mass is 10.1. The first kappa shape index (κ1) is 17.7. The maximum atomic E-state index is 13.3. The molecule has 2 aromatic rings. The van der Waals surface area contributed by atoms with Crippen LogP contribution in [0.1, 0.15) is 11.1 Å². The van der Waals surface area contributed by atoms with Gasteiger partial charge in [0, 0.05) is 17.2 Å². The average molecular weight is 346 g/mol. The zero-order valence-electron chi connectivity index (χ0n) is 15.0. The third-order valence-corrected chi connectivity index (χ3v) is 4.94. The number of hydrogen-bond acceptors (Lipinski definition) is 2. The van der Waals surface area contributed by atoms with Gasteiger partial charge < -0.3 is 19.3 Å². The van der Waals surface area contributed by atoms with Crippen LogP contribution >= 0.6 is 0 Å². The van der Waals surface area contributed by atoms with Gasteiger partial charge in [0.15, 0.2) is 0 Å². The molecule has 0 amide bonds. The smallest absolute Gasteiger partial charge is 0.131 e. The van der Waals surface area contributed by atoms with Crippen molar-refractivity contribution in [3.8, 4) is 11.5 Å². The van der Waals surface area contributed by atoms with Crippen LogP contribution in [0.15, 0.2) is 42.5 Å². The van der Waals surface area contributed by atoms with Crippen molar-refractivity contribution in [2.75, 3.05) is 40.4 Å². The summed E-state index contributed by atoms with van der Waals surface area (Å²) in [5, 5.41) is 0. The minimum Gasteiger partial charge on any atom is -0.497 e. The lowest BCUT2D eigenvalue weighted by molar-refractivity contribution is -1.02. The molecule has 0 radical (unpaired) electrons. The third-order valence-electron chi connectivity index (χ3n) is 4.94. The van der Waals surface area contributed by atoms with Crippen molar-refractivity contribution in [1.29, 1.82) is 0 Å². The van der Waals surface area contributed by atoms with E-state index in [1.807, 2.05) is 18.2 Å². The van der Waals surface area contributed by atoms with Crippen LogP contribution in [0.2, 0.25) is 0 Å². The highest BCUT2D eigenvalue weighted by Crippen LogP contribution is 2.23. The SMILES string of the molecule is COc1ccc(C[NH+]2CC[NH+](Cc3cccc(F)c3)CC2)c(OC)c1. The van der Waals surface area contributed by atoms with Gasteiger partial charge in [0.1, 0.15) is 56.6 Å². The maximum Gasteiger partial charge on any atom is 0.131 e. The molecule has 4 nitrogen and oxygen atoms in total. The van der Waals surface area contributed by atoms with Gasteiger partial charge in [-0.1, -0.05) is 12.1 Å². The van der Waals surface area contributed by atoms with E-state index in [9.17, 15) is 4.39 Å². The second-order valence-electron chi connectivity index (χ2n) is 6.66. The summed E-state index contributed by atoms with van der Waals surface area (Å²) in [5.74, 6) is 1.56. The topological polar surface area (TPSA) is 27.3 Å². The van der Waals surface area contributed by atoms with E-state index in [2.05, 4.69) is 6.07 Å². The second kappa shape index (κ2) is 8.32. The Morgan fingerprint density at radius 3 is 2.24 bits per heavy atom. The van der Waals surface area contributed by atoms with Crippen molar-refractivity contribution in [1.82, 2.24) is 0 Å². The number of methoxy groups -OCH3 is 2. The van der Waals surface area contributed by atoms with Crippen LogP contribution < -0.4 is 19.3 Å². The van der Waals surface area contributed by atoms with Gasteiger partial charge in [-0.25, -0.2) is 4.39 Å². The van der Waals surface area contributed by atoms with Crippen LogP contribution in [-0.2, 0) is 13.1 Å². The van der Waals surface area contributed by atoms with Gasteiger partial charge >= 0.3 is 0 Å². The van der Waals surface area contributed by atoms with Crippen molar-refractivity contribution >= 4 is 0 Å². The minimum atomic E-state index is -0.146. The summed E-state index contributed by atoms with van der Waals surface area (Å²) in [6, 6.07) is 13.0. The summed E-state index contributed by atoms with van der Waals surface area (Å²) in [6.07, 6.45) is 0. The predicted octanol–water partition coefficient (Wildman–Crippen LogP) is 0.327. The van der Waals surface area contributed by atoms with E-state index >= 15 is 0 Å². The first-order chi connectivity index (χ1) is 12.2. The molecule has 3 rings (SSSR count). The minimum absolute atomic E-state index is 0.146. The average Bonchev–Trinajstić information content (AvgIpc) is 2.63. The normalized spacial score (nSPS) is 20.3. The molecule has 2 N–H and O–H groups in total. The Morgan fingerprint density at radius 1 is 0.880 bits per heavy atom. The number of ether oxygens (including phenoxy) is 2.